The first-order valence-electron chi connectivity index (χ1n) is 7.67. The van der Waals surface area contributed by atoms with Crippen LogP contribution in [0.1, 0.15) is 34.5 Å². The molecule has 0 saturated carbocycles. The lowest BCUT2D eigenvalue weighted by atomic mass is 10.0. The summed E-state index contributed by atoms with van der Waals surface area (Å²) in [4.78, 5) is 12.6. The summed E-state index contributed by atoms with van der Waals surface area (Å²) in [7, 11) is 4.72. The second-order valence-corrected chi connectivity index (χ2v) is 5.51. The normalized spacial score (nSPS) is 11.5. The highest BCUT2D eigenvalue weighted by Crippen LogP contribution is 2.28. The van der Waals surface area contributed by atoms with E-state index in [0.29, 0.717) is 17.1 Å². The number of benzene rings is 2. The Bertz CT molecular complexity index is 727. The van der Waals surface area contributed by atoms with E-state index in [9.17, 15) is 4.79 Å². The van der Waals surface area contributed by atoms with E-state index in [1.165, 1.54) is 7.11 Å². The average molecular weight is 329 g/mol. The number of aryl methyl sites for hydroxylation is 1. The number of hydrogen-bond acceptors (Lipinski definition) is 4. The Morgan fingerprint density at radius 2 is 1.67 bits per heavy atom. The zero-order chi connectivity index (χ0) is 17.7. The van der Waals surface area contributed by atoms with Gasteiger partial charge in [-0.3, -0.25) is 4.79 Å². The molecule has 2 rings (SSSR count). The van der Waals surface area contributed by atoms with Crippen LogP contribution in [0.4, 0.5) is 0 Å². The molecule has 1 amide bonds. The van der Waals surface area contributed by atoms with Crippen LogP contribution in [0, 0.1) is 6.92 Å². The average Bonchev–Trinajstić information content (AvgIpc) is 2.60. The van der Waals surface area contributed by atoms with Crippen molar-refractivity contribution < 1.29 is 19.0 Å². The van der Waals surface area contributed by atoms with Gasteiger partial charge in [-0.2, -0.15) is 0 Å². The molecule has 0 aromatic heterocycles. The van der Waals surface area contributed by atoms with Gasteiger partial charge in [0.15, 0.2) is 0 Å². The van der Waals surface area contributed by atoms with Gasteiger partial charge in [0.05, 0.1) is 32.9 Å². The molecule has 0 aliphatic heterocycles. The molecule has 128 valence electrons. The fourth-order valence-electron chi connectivity index (χ4n) is 2.53. The van der Waals surface area contributed by atoms with Crippen molar-refractivity contribution in [3.05, 3.63) is 53.1 Å². The Morgan fingerprint density at radius 1 is 0.958 bits per heavy atom. The van der Waals surface area contributed by atoms with E-state index in [2.05, 4.69) is 5.32 Å². The largest absolute Gasteiger partial charge is 0.497 e. The molecule has 24 heavy (non-hydrogen) atoms. The first-order chi connectivity index (χ1) is 11.5. The first-order valence-corrected chi connectivity index (χ1v) is 7.67. The van der Waals surface area contributed by atoms with Gasteiger partial charge in [0.25, 0.3) is 5.91 Å². The third-order valence-electron chi connectivity index (χ3n) is 3.85. The van der Waals surface area contributed by atoms with Crippen molar-refractivity contribution >= 4 is 5.91 Å². The molecule has 0 spiro atoms. The molecule has 2 aromatic rings. The third kappa shape index (κ3) is 3.79. The van der Waals surface area contributed by atoms with Crippen molar-refractivity contribution in [3.8, 4) is 17.2 Å². The number of methoxy groups -OCH3 is 3. The topological polar surface area (TPSA) is 56.8 Å². The molecule has 0 unspecified atom stereocenters. The fraction of sp³-hybridized carbons (Fsp3) is 0.316. The van der Waals surface area contributed by atoms with Crippen LogP contribution in [0.15, 0.2) is 36.4 Å². The quantitative estimate of drug-likeness (QED) is 0.881. The lowest BCUT2D eigenvalue weighted by molar-refractivity contribution is 0.0936. The van der Waals surface area contributed by atoms with Gasteiger partial charge >= 0.3 is 0 Å². The number of hydrogen-bond donors (Lipinski definition) is 1. The maximum absolute atomic E-state index is 12.6. The SMILES string of the molecule is COc1ccc(C(=O)N[C@@H](C)c2cc(C)ccc2OC)c(OC)c1. The molecule has 0 saturated heterocycles. The third-order valence-corrected chi connectivity index (χ3v) is 3.85. The summed E-state index contributed by atoms with van der Waals surface area (Å²) < 4.78 is 15.8. The summed E-state index contributed by atoms with van der Waals surface area (Å²) >= 11 is 0. The minimum Gasteiger partial charge on any atom is -0.497 e. The van der Waals surface area contributed by atoms with Crippen molar-refractivity contribution in [2.75, 3.05) is 21.3 Å². The molecule has 0 aliphatic rings. The molecule has 0 radical (unpaired) electrons. The van der Waals surface area contributed by atoms with Crippen LogP contribution in [0.3, 0.4) is 0 Å². The Balaban J connectivity index is 2.25. The Kier molecular flexibility index (Phi) is 5.68. The van der Waals surface area contributed by atoms with Crippen LogP contribution in [0.5, 0.6) is 17.2 Å². The predicted molar refractivity (Wildman–Crippen MR) is 93.2 cm³/mol. The highest BCUT2D eigenvalue weighted by atomic mass is 16.5. The summed E-state index contributed by atoms with van der Waals surface area (Å²) in [6.45, 7) is 3.93. The number of carbonyl (C=O) groups is 1. The number of rotatable bonds is 6. The van der Waals surface area contributed by atoms with Crippen molar-refractivity contribution in [3.63, 3.8) is 0 Å². The standard InChI is InChI=1S/C19H23NO4/c1-12-6-9-17(23-4)16(10-12)13(2)20-19(21)15-8-7-14(22-3)11-18(15)24-5/h6-11,13H,1-5H3,(H,20,21)/t13-/m0/s1. The van der Waals surface area contributed by atoms with E-state index in [0.717, 1.165) is 16.9 Å². The number of ether oxygens (including phenoxy) is 3. The Hall–Kier alpha value is -2.69. The first kappa shape index (κ1) is 17.7. The van der Waals surface area contributed by atoms with E-state index >= 15 is 0 Å². The van der Waals surface area contributed by atoms with Gasteiger partial charge in [-0.1, -0.05) is 17.7 Å². The predicted octanol–water partition coefficient (Wildman–Crippen LogP) is 3.51. The van der Waals surface area contributed by atoms with Gasteiger partial charge in [0.1, 0.15) is 17.2 Å². The lowest BCUT2D eigenvalue weighted by Gasteiger charge is -2.19. The summed E-state index contributed by atoms with van der Waals surface area (Å²) in [5.74, 6) is 1.63. The van der Waals surface area contributed by atoms with Gasteiger partial charge < -0.3 is 19.5 Å². The van der Waals surface area contributed by atoms with Gasteiger partial charge in [0, 0.05) is 11.6 Å². The Morgan fingerprint density at radius 3 is 2.29 bits per heavy atom. The number of amides is 1. The summed E-state index contributed by atoms with van der Waals surface area (Å²) in [5, 5.41) is 2.99. The molecule has 5 nitrogen and oxygen atoms in total. The van der Waals surface area contributed by atoms with Gasteiger partial charge in [-0.15, -0.1) is 0 Å². The molecule has 5 heteroatoms. The minimum absolute atomic E-state index is 0.209. The maximum atomic E-state index is 12.6. The van der Waals surface area contributed by atoms with Gasteiger partial charge in [-0.25, -0.2) is 0 Å². The molecule has 0 aliphatic carbocycles. The van der Waals surface area contributed by atoms with Gasteiger partial charge in [0.2, 0.25) is 0 Å². The van der Waals surface area contributed by atoms with Crippen LogP contribution in [0.25, 0.3) is 0 Å². The van der Waals surface area contributed by atoms with Gasteiger partial charge in [-0.05, 0) is 32.0 Å². The maximum Gasteiger partial charge on any atom is 0.255 e. The second-order valence-electron chi connectivity index (χ2n) is 5.51. The van der Waals surface area contributed by atoms with E-state index < -0.39 is 0 Å². The molecule has 0 fully saturated rings. The van der Waals surface area contributed by atoms with E-state index in [1.807, 2.05) is 32.0 Å². The number of carbonyl (C=O) groups excluding carboxylic acids is 1. The fourth-order valence-corrected chi connectivity index (χ4v) is 2.53. The van der Waals surface area contributed by atoms with E-state index in [-0.39, 0.29) is 11.9 Å². The molecule has 1 atom stereocenters. The van der Waals surface area contributed by atoms with Crippen LogP contribution >= 0.6 is 0 Å². The second kappa shape index (κ2) is 7.73. The monoisotopic (exact) mass is 329 g/mol. The highest BCUT2D eigenvalue weighted by Gasteiger charge is 2.18. The molecule has 2 aromatic carbocycles. The van der Waals surface area contributed by atoms with Crippen LogP contribution in [-0.2, 0) is 0 Å². The lowest BCUT2D eigenvalue weighted by Crippen LogP contribution is -2.27. The smallest absolute Gasteiger partial charge is 0.255 e. The van der Waals surface area contributed by atoms with E-state index in [4.69, 9.17) is 14.2 Å². The van der Waals surface area contributed by atoms with Crippen molar-refractivity contribution in [2.45, 2.75) is 19.9 Å². The zero-order valence-corrected chi connectivity index (χ0v) is 14.7. The van der Waals surface area contributed by atoms with E-state index in [1.54, 1.807) is 32.4 Å². The molecular weight excluding hydrogens is 306 g/mol. The summed E-state index contributed by atoms with van der Waals surface area (Å²) in [5.41, 5.74) is 2.49. The highest BCUT2D eigenvalue weighted by molar-refractivity contribution is 5.97. The summed E-state index contributed by atoms with van der Waals surface area (Å²) in [6.07, 6.45) is 0. The molecule has 0 bridgehead atoms. The van der Waals surface area contributed by atoms with Crippen LogP contribution in [-0.4, -0.2) is 27.2 Å². The van der Waals surface area contributed by atoms with Crippen molar-refractivity contribution in [1.82, 2.24) is 5.32 Å². The zero-order valence-electron chi connectivity index (χ0n) is 14.7. The van der Waals surface area contributed by atoms with Crippen LogP contribution in [0.2, 0.25) is 0 Å². The molecule has 0 heterocycles. The molecular formula is C19H23NO4. The van der Waals surface area contributed by atoms with Crippen molar-refractivity contribution in [2.24, 2.45) is 0 Å². The van der Waals surface area contributed by atoms with Crippen molar-refractivity contribution in [1.29, 1.82) is 0 Å². The number of nitrogens with one attached hydrogen (secondary N) is 1. The molecule has 1 N–H and O–H groups in total. The Labute approximate surface area is 142 Å². The summed E-state index contributed by atoms with van der Waals surface area (Å²) in [6, 6.07) is 10.8. The van der Waals surface area contributed by atoms with Crippen LogP contribution < -0.4 is 19.5 Å². The minimum atomic E-state index is -0.217.